The van der Waals surface area contributed by atoms with Crippen LogP contribution in [0.5, 0.6) is 23.1 Å². The Hall–Kier alpha value is -2.78. The molecule has 2 aromatic rings. The van der Waals surface area contributed by atoms with Gasteiger partial charge in [0.2, 0.25) is 0 Å². The number of pyridine rings is 1. The predicted octanol–water partition coefficient (Wildman–Crippen LogP) is 3.56. The molecule has 9 nitrogen and oxygen atoms in total. The minimum absolute atomic E-state index is 0.00189. The third-order valence-electron chi connectivity index (χ3n) is 2.61. The summed E-state index contributed by atoms with van der Waals surface area (Å²) < 4.78 is 15.1. The second-order valence-electron chi connectivity index (χ2n) is 4.20. The van der Waals surface area contributed by atoms with Crippen molar-refractivity contribution < 1.29 is 23.9 Å². The Morgan fingerprint density at radius 3 is 2.42 bits per heavy atom. The maximum Gasteiger partial charge on any atom is 0.410 e. The number of halogens is 2. The molecule has 0 aliphatic heterocycles. The first-order valence-corrected chi connectivity index (χ1v) is 6.90. The third-order valence-corrected chi connectivity index (χ3v) is 3.17. The van der Waals surface area contributed by atoms with Gasteiger partial charge in [-0.05, 0) is 0 Å². The van der Waals surface area contributed by atoms with Gasteiger partial charge in [-0.25, -0.2) is 9.78 Å². The lowest BCUT2D eigenvalue weighted by Crippen LogP contribution is -2.16. The van der Waals surface area contributed by atoms with Crippen LogP contribution in [0.15, 0.2) is 24.4 Å². The van der Waals surface area contributed by atoms with Crippen LogP contribution in [0.4, 0.5) is 10.5 Å². The van der Waals surface area contributed by atoms with E-state index in [2.05, 4.69) is 4.98 Å². The van der Waals surface area contributed by atoms with E-state index in [0.29, 0.717) is 0 Å². The monoisotopic (exact) mass is 373 g/mol. The summed E-state index contributed by atoms with van der Waals surface area (Å²) in [7, 11) is 1.32. The van der Waals surface area contributed by atoms with E-state index < -0.39 is 11.0 Å². The Morgan fingerprint density at radius 2 is 1.92 bits per heavy atom. The first kappa shape index (κ1) is 17.6. The van der Waals surface area contributed by atoms with E-state index in [-0.39, 0.29) is 38.9 Å². The van der Waals surface area contributed by atoms with E-state index in [1.807, 2.05) is 0 Å². The average molecular weight is 374 g/mol. The molecule has 0 bridgehead atoms. The van der Waals surface area contributed by atoms with Gasteiger partial charge in [0.1, 0.15) is 5.75 Å². The molecule has 1 amide bonds. The Morgan fingerprint density at radius 1 is 1.29 bits per heavy atom. The zero-order chi connectivity index (χ0) is 17.9. The van der Waals surface area contributed by atoms with Crippen LogP contribution in [0.1, 0.15) is 0 Å². The van der Waals surface area contributed by atoms with Crippen LogP contribution in [0.25, 0.3) is 0 Å². The number of benzene rings is 1. The van der Waals surface area contributed by atoms with Crippen molar-refractivity contribution in [3.63, 3.8) is 0 Å². The van der Waals surface area contributed by atoms with E-state index in [9.17, 15) is 14.9 Å². The summed E-state index contributed by atoms with van der Waals surface area (Å²) in [5.74, 6) is -0.0238. The largest absolute Gasteiger partial charge is 0.478 e. The summed E-state index contributed by atoms with van der Waals surface area (Å²) in [6.07, 6.45) is 0.180. The van der Waals surface area contributed by atoms with Crippen molar-refractivity contribution in [2.75, 3.05) is 7.11 Å². The molecule has 0 aliphatic rings. The van der Waals surface area contributed by atoms with Gasteiger partial charge in [-0.2, -0.15) is 0 Å². The molecule has 1 aromatic carbocycles. The molecule has 2 rings (SSSR count). The first-order valence-electron chi connectivity index (χ1n) is 6.14. The topological polar surface area (TPSA) is 127 Å². The van der Waals surface area contributed by atoms with Gasteiger partial charge in [-0.15, -0.1) is 0 Å². The summed E-state index contributed by atoms with van der Waals surface area (Å²) in [4.78, 5) is 24.9. The molecule has 126 valence electrons. The summed E-state index contributed by atoms with van der Waals surface area (Å²) in [6.45, 7) is 0. The Labute approximate surface area is 145 Å². The molecule has 1 heterocycles. The van der Waals surface area contributed by atoms with Crippen molar-refractivity contribution in [1.82, 2.24) is 4.98 Å². The van der Waals surface area contributed by atoms with Crippen molar-refractivity contribution in [1.29, 1.82) is 0 Å². The number of carbonyl (C=O) groups is 1. The van der Waals surface area contributed by atoms with Gasteiger partial charge >= 0.3 is 6.09 Å². The van der Waals surface area contributed by atoms with Crippen molar-refractivity contribution in [3.05, 3.63) is 44.6 Å². The number of methoxy groups -OCH3 is 1. The zero-order valence-corrected chi connectivity index (χ0v) is 13.5. The fourth-order valence-corrected chi connectivity index (χ4v) is 2.22. The van der Waals surface area contributed by atoms with Gasteiger partial charge in [-0.1, -0.05) is 23.2 Å². The smallest absolute Gasteiger partial charge is 0.410 e. The van der Waals surface area contributed by atoms with Crippen molar-refractivity contribution in [2.45, 2.75) is 0 Å². The highest BCUT2D eigenvalue weighted by molar-refractivity contribution is 6.37. The van der Waals surface area contributed by atoms with E-state index in [1.165, 1.54) is 19.4 Å². The minimum atomic E-state index is -1.07. The average Bonchev–Trinajstić information content (AvgIpc) is 2.50. The van der Waals surface area contributed by atoms with E-state index in [1.54, 1.807) is 0 Å². The van der Waals surface area contributed by atoms with Gasteiger partial charge < -0.3 is 19.9 Å². The lowest BCUT2D eigenvalue weighted by Gasteiger charge is -2.11. The van der Waals surface area contributed by atoms with Crippen LogP contribution in [0, 0.1) is 10.1 Å². The molecule has 0 atom stereocenters. The maximum absolute atomic E-state index is 10.9. The molecule has 24 heavy (non-hydrogen) atoms. The van der Waals surface area contributed by atoms with Gasteiger partial charge in [0.25, 0.3) is 11.6 Å². The molecule has 0 spiro atoms. The number of nitrogens with zero attached hydrogens (tertiary/aromatic N) is 2. The lowest BCUT2D eigenvalue weighted by molar-refractivity contribution is -0.384. The Bertz CT molecular complexity index is 791. The highest BCUT2D eigenvalue weighted by atomic mass is 35.5. The van der Waals surface area contributed by atoms with Crippen LogP contribution in [0.2, 0.25) is 10.0 Å². The van der Waals surface area contributed by atoms with Crippen LogP contribution in [-0.2, 0) is 0 Å². The summed E-state index contributed by atoms with van der Waals surface area (Å²) >= 11 is 11.9. The van der Waals surface area contributed by atoms with Gasteiger partial charge in [0.15, 0.2) is 11.5 Å². The quantitative estimate of drug-likeness (QED) is 0.626. The molecule has 0 saturated carbocycles. The van der Waals surface area contributed by atoms with Crippen LogP contribution >= 0.6 is 23.2 Å². The zero-order valence-electron chi connectivity index (χ0n) is 12.0. The molecule has 0 unspecified atom stereocenters. The number of nitro groups is 1. The van der Waals surface area contributed by atoms with Gasteiger partial charge in [0, 0.05) is 18.2 Å². The molecule has 0 fully saturated rings. The molecule has 0 saturated heterocycles. The molecule has 0 aliphatic carbocycles. The molecule has 2 N–H and O–H groups in total. The summed E-state index contributed by atoms with van der Waals surface area (Å²) in [5.41, 5.74) is 4.66. The fourth-order valence-electron chi connectivity index (χ4n) is 1.67. The van der Waals surface area contributed by atoms with Gasteiger partial charge in [-0.3, -0.25) is 10.1 Å². The van der Waals surface area contributed by atoms with Crippen molar-refractivity contribution in [3.8, 4) is 23.1 Å². The molecule has 1 aromatic heterocycles. The standard InChI is InChI=1S/C13H9Cl2N3O6/c1-22-12-10(24-13(16)19)4-7(5-17-12)23-11-8(14)2-6(18(20)21)3-9(11)15/h2-5H,1H3,(H2,16,19). The number of carbonyl (C=O) groups excluding carboxylic acids is 1. The first-order chi connectivity index (χ1) is 11.3. The Kier molecular flexibility index (Phi) is 5.27. The molecule has 11 heteroatoms. The number of primary amides is 1. The highest BCUT2D eigenvalue weighted by Crippen LogP contribution is 2.40. The second kappa shape index (κ2) is 7.20. The number of nitro benzene ring substituents is 1. The second-order valence-corrected chi connectivity index (χ2v) is 5.01. The normalized spacial score (nSPS) is 10.1. The molecular weight excluding hydrogens is 365 g/mol. The maximum atomic E-state index is 10.9. The number of rotatable bonds is 5. The van der Waals surface area contributed by atoms with E-state index in [4.69, 9.17) is 43.1 Å². The van der Waals surface area contributed by atoms with Crippen LogP contribution < -0.4 is 19.9 Å². The number of aromatic nitrogens is 1. The number of hydrogen-bond donors (Lipinski definition) is 1. The lowest BCUT2D eigenvalue weighted by atomic mass is 10.3. The summed E-state index contributed by atoms with van der Waals surface area (Å²) in [6, 6.07) is 3.44. The number of nitrogens with two attached hydrogens (primary N) is 1. The van der Waals surface area contributed by atoms with E-state index in [0.717, 1.165) is 12.1 Å². The van der Waals surface area contributed by atoms with E-state index >= 15 is 0 Å². The van der Waals surface area contributed by atoms with Crippen molar-refractivity contribution in [2.24, 2.45) is 5.73 Å². The number of non-ortho nitro benzene ring substituents is 1. The third kappa shape index (κ3) is 3.94. The SMILES string of the molecule is COc1ncc(Oc2c(Cl)cc([N+](=O)[O-])cc2Cl)cc1OC(N)=O. The summed E-state index contributed by atoms with van der Waals surface area (Å²) in [5, 5.41) is 10.6. The number of hydrogen-bond acceptors (Lipinski definition) is 7. The Balaban J connectivity index is 2.38. The highest BCUT2D eigenvalue weighted by Gasteiger charge is 2.18. The fraction of sp³-hybridized carbons (Fsp3) is 0.0769. The molecular formula is C13H9Cl2N3O6. The predicted molar refractivity (Wildman–Crippen MR) is 84.2 cm³/mol. The molecule has 0 radical (unpaired) electrons. The van der Waals surface area contributed by atoms with Crippen LogP contribution in [0.3, 0.4) is 0 Å². The number of amides is 1. The minimum Gasteiger partial charge on any atom is -0.478 e. The van der Waals surface area contributed by atoms with Gasteiger partial charge in [0.05, 0.1) is 28.3 Å². The number of ether oxygens (including phenoxy) is 3. The van der Waals surface area contributed by atoms with Crippen LogP contribution in [-0.4, -0.2) is 23.1 Å². The van der Waals surface area contributed by atoms with Crippen molar-refractivity contribution >= 4 is 35.0 Å².